The van der Waals surface area contributed by atoms with Gasteiger partial charge in [0, 0.05) is 36.7 Å². The van der Waals surface area contributed by atoms with Crippen LogP contribution in [0.25, 0.3) is 16.8 Å². The van der Waals surface area contributed by atoms with Crippen LogP contribution >= 0.6 is 0 Å². The molecule has 0 saturated heterocycles. The number of halogens is 5. The zero-order valence-corrected chi connectivity index (χ0v) is 13.2. The Balaban J connectivity index is 1.96. The summed E-state index contributed by atoms with van der Waals surface area (Å²) in [5.41, 5.74) is 1.01. The molecule has 0 saturated carbocycles. The first-order valence-electron chi connectivity index (χ1n) is 7.14. The van der Waals surface area contributed by atoms with Gasteiger partial charge in [0.2, 0.25) is 11.7 Å². The molecule has 6 nitrogen and oxygen atoms in total. The van der Waals surface area contributed by atoms with Crippen LogP contribution in [-0.4, -0.2) is 39.7 Å². The molecule has 0 unspecified atom stereocenters. The molecule has 0 bridgehead atoms. The van der Waals surface area contributed by atoms with Gasteiger partial charge in [0.05, 0.1) is 0 Å². The normalized spacial score (nSPS) is 12.5. The highest BCUT2D eigenvalue weighted by Crippen LogP contribution is 2.29. The quantitative estimate of drug-likeness (QED) is 0.641. The molecule has 11 heteroatoms. The highest BCUT2D eigenvalue weighted by atomic mass is 19.4. The number of hydrogen-bond acceptors (Lipinski definition) is 5. The maximum absolute atomic E-state index is 14.1. The molecule has 3 heterocycles. The van der Waals surface area contributed by atoms with Gasteiger partial charge in [-0.2, -0.15) is 8.78 Å². The average molecular weight is 374 g/mol. The number of methoxy groups -OCH3 is 1. The van der Waals surface area contributed by atoms with Crippen molar-refractivity contribution in [2.24, 2.45) is 0 Å². The molecule has 3 rings (SSSR count). The highest BCUT2D eigenvalue weighted by molar-refractivity contribution is 5.64. The van der Waals surface area contributed by atoms with E-state index in [0.717, 1.165) is 23.8 Å². The van der Waals surface area contributed by atoms with Crippen molar-refractivity contribution < 1.29 is 31.4 Å². The first kappa shape index (κ1) is 18.0. The number of nitrogens with zero attached hydrogens (tertiary/aromatic N) is 4. The standard InChI is InChI=1S/C15H11F5N4O2/c1-25-8-14(16,17)13-23-22-11-4-2-10(7-24(11)13)9-3-5-12(21-6-9)26-15(18,19)20/h2-7H,8H2,1H3. The van der Waals surface area contributed by atoms with Crippen LogP contribution < -0.4 is 4.74 Å². The Morgan fingerprint density at radius 1 is 1.00 bits per heavy atom. The Kier molecular flexibility index (Phi) is 4.48. The Morgan fingerprint density at radius 2 is 1.73 bits per heavy atom. The van der Waals surface area contributed by atoms with Gasteiger partial charge in [-0.05, 0) is 18.2 Å². The van der Waals surface area contributed by atoms with Crippen molar-refractivity contribution in [1.82, 2.24) is 19.6 Å². The van der Waals surface area contributed by atoms with Gasteiger partial charge in [-0.1, -0.05) is 0 Å². The van der Waals surface area contributed by atoms with Crippen molar-refractivity contribution in [3.05, 3.63) is 42.5 Å². The minimum absolute atomic E-state index is 0.185. The van der Waals surface area contributed by atoms with Gasteiger partial charge in [0.1, 0.15) is 6.61 Å². The Labute approximate surface area is 143 Å². The number of alkyl halides is 5. The zero-order chi connectivity index (χ0) is 18.9. The van der Waals surface area contributed by atoms with Crippen molar-refractivity contribution in [1.29, 1.82) is 0 Å². The summed E-state index contributed by atoms with van der Waals surface area (Å²) in [5, 5.41) is 7.17. The number of rotatable bonds is 5. The SMILES string of the molecule is COCC(F)(F)c1nnc2ccc(-c3ccc(OC(F)(F)F)nc3)cn12. The van der Waals surface area contributed by atoms with E-state index in [2.05, 4.69) is 24.7 Å². The van der Waals surface area contributed by atoms with E-state index in [4.69, 9.17) is 0 Å². The van der Waals surface area contributed by atoms with Gasteiger partial charge in [-0.3, -0.25) is 4.40 Å². The van der Waals surface area contributed by atoms with Crippen molar-refractivity contribution in [3.8, 4) is 17.0 Å². The first-order chi connectivity index (χ1) is 12.2. The number of aromatic nitrogens is 4. The van der Waals surface area contributed by atoms with Crippen LogP contribution in [-0.2, 0) is 10.7 Å². The summed E-state index contributed by atoms with van der Waals surface area (Å²) in [5.74, 6) is -4.60. The summed E-state index contributed by atoms with van der Waals surface area (Å²) >= 11 is 0. The Hall–Kier alpha value is -2.82. The number of hydrogen-bond donors (Lipinski definition) is 0. The summed E-state index contributed by atoms with van der Waals surface area (Å²) in [6.45, 7) is -0.872. The maximum atomic E-state index is 14.1. The van der Waals surface area contributed by atoms with Crippen LogP contribution in [0.1, 0.15) is 5.82 Å². The van der Waals surface area contributed by atoms with Crippen molar-refractivity contribution in [2.45, 2.75) is 12.3 Å². The molecule has 0 aliphatic carbocycles. The fourth-order valence-corrected chi connectivity index (χ4v) is 2.29. The van der Waals surface area contributed by atoms with Gasteiger partial charge in [-0.25, -0.2) is 4.98 Å². The average Bonchev–Trinajstić information content (AvgIpc) is 2.98. The smallest absolute Gasteiger partial charge is 0.388 e. The highest BCUT2D eigenvalue weighted by Gasteiger charge is 2.37. The summed E-state index contributed by atoms with van der Waals surface area (Å²) in [6.07, 6.45) is -2.37. The molecule has 0 radical (unpaired) electrons. The lowest BCUT2D eigenvalue weighted by atomic mass is 10.1. The predicted octanol–water partition coefficient (Wildman–Crippen LogP) is 3.43. The van der Waals surface area contributed by atoms with E-state index in [1.54, 1.807) is 6.07 Å². The van der Waals surface area contributed by atoms with Crippen LogP contribution in [0.15, 0.2) is 36.7 Å². The molecule has 0 spiro atoms. The van der Waals surface area contributed by atoms with Gasteiger partial charge in [0.15, 0.2) is 5.65 Å². The summed E-state index contributed by atoms with van der Waals surface area (Å²) in [6, 6.07) is 5.37. The molecule has 0 aliphatic rings. The largest absolute Gasteiger partial charge is 0.574 e. The first-order valence-corrected chi connectivity index (χ1v) is 7.14. The molecule has 0 aliphatic heterocycles. The molecule has 138 valence electrons. The molecule has 3 aromatic rings. The molecular formula is C15H11F5N4O2. The monoisotopic (exact) mass is 374 g/mol. The zero-order valence-electron chi connectivity index (χ0n) is 13.2. The maximum Gasteiger partial charge on any atom is 0.574 e. The van der Waals surface area contributed by atoms with Gasteiger partial charge in [-0.15, -0.1) is 23.4 Å². The van der Waals surface area contributed by atoms with E-state index >= 15 is 0 Å². The van der Waals surface area contributed by atoms with Gasteiger partial charge < -0.3 is 9.47 Å². The second-order valence-corrected chi connectivity index (χ2v) is 5.24. The van der Waals surface area contributed by atoms with E-state index in [1.165, 1.54) is 18.3 Å². The second-order valence-electron chi connectivity index (χ2n) is 5.24. The van der Waals surface area contributed by atoms with Crippen LogP contribution in [0, 0.1) is 0 Å². The van der Waals surface area contributed by atoms with Crippen LogP contribution in [0.2, 0.25) is 0 Å². The fraction of sp³-hybridized carbons (Fsp3) is 0.267. The van der Waals surface area contributed by atoms with Crippen molar-refractivity contribution in [3.63, 3.8) is 0 Å². The second kappa shape index (κ2) is 6.48. The molecule has 0 atom stereocenters. The molecule has 0 fully saturated rings. The van der Waals surface area contributed by atoms with E-state index < -0.39 is 30.6 Å². The Morgan fingerprint density at radius 3 is 2.35 bits per heavy atom. The third-order valence-corrected chi connectivity index (χ3v) is 3.35. The summed E-state index contributed by atoms with van der Waals surface area (Å²) < 4.78 is 73.9. The van der Waals surface area contributed by atoms with Crippen molar-refractivity contribution in [2.75, 3.05) is 13.7 Å². The molecule has 0 N–H and O–H groups in total. The number of pyridine rings is 2. The molecule has 0 aromatic carbocycles. The molecule has 26 heavy (non-hydrogen) atoms. The molecular weight excluding hydrogens is 363 g/mol. The minimum atomic E-state index is -4.85. The number of ether oxygens (including phenoxy) is 2. The van der Waals surface area contributed by atoms with Crippen LogP contribution in [0.4, 0.5) is 22.0 Å². The molecule has 3 aromatic heterocycles. The minimum Gasteiger partial charge on any atom is -0.388 e. The third kappa shape index (κ3) is 3.72. The number of fused-ring (bicyclic) bond motifs is 1. The van der Waals surface area contributed by atoms with E-state index in [1.807, 2.05) is 0 Å². The third-order valence-electron chi connectivity index (χ3n) is 3.35. The Bertz CT molecular complexity index is 909. The fourth-order valence-electron chi connectivity index (χ4n) is 2.29. The lowest BCUT2D eigenvalue weighted by molar-refractivity contribution is -0.276. The summed E-state index contributed by atoms with van der Waals surface area (Å²) in [4.78, 5) is 3.56. The van der Waals surface area contributed by atoms with E-state index in [-0.39, 0.29) is 5.65 Å². The predicted molar refractivity (Wildman–Crippen MR) is 78.7 cm³/mol. The molecule has 0 amide bonds. The van der Waals surface area contributed by atoms with E-state index in [0.29, 0.717) is 11.1 Å². The van der Waals surface area contributed by atoms with Gasteiger partial charge in [0.25, 0.3) is 0 Å². The topological polar surface area (TPSA) is 61.5 Å². The van der Waals surface area contributed by atoms with Crippen molar-refractivity contribution >= 4 is 5.65 Å². The van der Waals surface area contributed by atoms with Crippen LogP contribution in [0.3, 0.4) is 0 Å². The van der Waals surface area contributed by atoms with Crippen LogP contribution in [0.5, 0.6) is 5.88 Å². The van der Waals surface area contributed by atoms with E-state index in [9.17, 15) is 22.0 Å². The lowest BCUT2D eigenvalue weighted by Crippen LogP contribution is -2.23. The van der Waals surface area contributed by atoms with Gasteiger partial charge >= 0.3 is 12.3 Å². The summed E-state index contributed by atoms with van der Waals surface area (Å²) in [7, 11) is 1.14. The lowest BCUT2D eigenvalue weighted by Gasteiger charge is -2.13.